The Balaban J connectivity index is 1.34. The minimum absolute atomic E-state index is 0.0429. The average Bonchev–Trinajstić information content (AvgIpc) is 3.11. The van der Waals surface area contributed by atoms with Gasteiger partial charge in [0.15, 0.2) is 0 Å². The Bertz CT molecular complexity index is 797. The Morgan fingerprint density at radius 1 is 1.03 bits per heavy atom. The first kappa shape index (κ1) is 20.5. The molecule has 0 radical (unpaired) electrons. The van der Waals surface area contributed by atoms with E-state index in [2.05, 4.69) is 5.32 Å². The van der Waals surface area contributed by atoms with Gasteiger partial charge in [0.2, 0.25) is 5.91 Å². The number of carbonyl (C=O) groups is 3. The van der Waals surface area contributed by atoms with Gasteiger partial charge in [-0.15, -0.1) is 0 Å². The van der Waals surface area contributed by atoms with Crippen LogP contribution in [0.15, 0.2) is 24.3 Å². The second-order valence-corrected chi connectivity index (χ2v) is 8.38. The third-order valence-corrected chi connectivity index (χ3v) is 6.66. The molecule has 4 rings (SSSR count). The van der Waals surface area contributed by atoms with E-state index in [1.807, 2.05) is 21.9 Å². The molecule has 0 spiro atoms. The summed E-state index contributed by atoms with van der Waals surface area (Å²) in [6.07, 6.45) is 2.30. The first-order valence-electron chi connectivity index (χ1n) is 10.8. The number of methoxy groups -OCH3 is 1. The first-order chi connectivity index (χ1) is 14.5. The molecule has 2 unspecified atom stereocenters. The van der Waals surface area contributed by atoms with Gasteiger partial charge in [-0.3, -0.25) is 9.59 Å². The number of likely N-dealkylation sites (tertiary alicyclic amines) is 2. The largest absolute Gasteiger partial charge is 0.497 e. The molecule has 3 fully saturated rings. The fourth-order valence-electron chi connectivity index (χ4n) is 4.78. The molecule has 1 N–H and O–H groups in total. The van der Waals surface area contributed by atoms with Gasteiger partial charge in [0.25, 0.3) is 5.91 Å². The van der Waals surface area contributed by atoms with Crippen molar-refractivity contribution in [2.75, 3.05) is 52.9 Å². The minimum atomic E-state index is -0.0429. The first-order valence-corrected chi connectivity index (χ1v) is 10.8. The van der Waals surface area contributed by atoms with E-state index in [4.69, 9.17) is 4.74 Å². The molecule has 30 heavy (non-hydrogen) atoms. The molecule has 0 saturated carbocycles. The molecular weight excluding hydrogens is 384 g/mol. The molecule has 3 aliphatic rings. The van der Waals surface area contributed by atoms with Gasteiger partial charge in [-0.05, 0) is 48.9 Å². The van der Waals surface area contributed by atoms with Crippen LogP contribution in [0.5, 0.6) is 5.75 Å². The van der Waals surface area contributed by atoms with Crippen LogP contribution in [0.2, 0.25) is 0 Å². The molecule has 0 bridgehead atoms. The number of ether oxygens (including phenoxy) is 1. The number of hydrogen-bond donors (Lipinski definition) is 1. The molecule has 1 aromatic carbocycles. The van der Waals surface area contributed by atoms with Crippen LogP contribution in [-0.2, 0) is 4.79 Å². The van der Waals surface area contributed by atoms with Crippen LogP contribution >= 0.6 is 0 Å². The maximum Gasteiger partial charge on any atom is 0.317 e. The SMILES string of the molecule is COc1ccc(C(=O)N2CCC3CC(=O)N(CCN4CCNC4=O)CCC3C2)cc1. The van der Waals surface area contributed by atoms with Crippen molar-refractivity contribution in [1.82, 2.24) is 20.0 Å². The molecule has 2 atom stereocenters. The van der Waals surface area contributed by atoms with Gasteiger partial charge < -0.3 is 24.8 Å². The number of hydrogen-bond acceptors (Lipinski definition) is 4. The lowest BCUT2D eigenvalue weighted by molar-refractivity contribution is -0.131. The van der Waals surface area contributed by atoms with Gasteiger partial charge in [-0.1, -0.05) is 0 Å². The van der Waals surface area contributed by atoms with Crippen LogP contribution in [0.1, 0.15) is 29.6 Å². The fourth-order valence-corrected chi connectivity index (χ4v) is 4.78. The summed E-state index contributed by atoms with van der Waals surface area (Å²) in [6.45, 7) is 4.62. The second-order valence-electron chi connectivity index (χ2n) is 8.38. The van der Waals surface area contributed by atoms with E-state index in [0.29, 0.717) is 69.6 Å². The lowest BCUT2D eigenvalue weighted by Gasteiger charge is -2.37. The predicted molar refractivity (Wildman–Crippen MR) is 111 cm³/mol. The fraction of sp³-hybridized carbons (Fsp3) is 0.591. The molecule has 1 aromatic rings. The topological polar surface area (TPSA) is 82.2 Å². The number of urea groups is 1. The minimum Gasteiger partial charge on any atom is -0.497 e. The van der Waals surface area contributed by atoms with E-state index in [0.717, 1.165) is 18.6 Å². The summed E-state index contributed by atoms with van der Waals surface area (Å²) < 4.78 is 5.17. The Kier molecular flexibility index (Phi) is 6.11. The zero-order valence-electron chi connectivity index (χ0n) is 17.5. The van der Waals surface area contributed by atoms with Gasteiger partial charge in [0, 0.05) is 57.8 Å². The van der Waals surface area contributed by atoms with Gasteiger partial charge in [0.05, 0.1) is 7.11 Å². The lowest BCUT2D eigenvalue weighted by atomic mass is 9.82. The maximum absolute atomic E-state index is 12.9. The Labute approximate surface area is 177 Å². The summed E-state index contributed by atoms with van der Waals surface area (Å²) in [5, 5.41) is 2.80. The van der Waals surface area contributed by atoms with Crippen molar-refractivity contribution >= 4 is 17.8 Å². The Morgan fingerprint density at radius 3 is 2.47 bits per heavy atom. The number of fused-ring (bicyclic) bond motifs is 1. The highest BCUT2D eigenvalue weighted by Gasteiger charge is 2.36. The van der Waals surface area contributed by atoms with Gasteiger partial charge >= 0.3 is 6.03 Å². The number of nitrogens with zero attached hydrogens (tertiary/aromatic N) is 3. The van der Waals surface area contributed by atoms with E-state index in [1.54, 1.807) is 24.1 Å². The third kappa shape index (κ3) is 4.37. The van der Waals surface area contributed by atoms with Crippen molar-refractivity contribution in [3.63, 3.8) is 0 Å². The number of benzene rings is 1. The molecule has 3 heterocycles. The Morgan fingerprint density at radius 2 is 1.77 bits per heavy atom. The van der Waals surface area contributed by atoms with E-state index < -0.39 is 0 Å². The van der Waals surface area contributed by atoms with E-state index >= 15 is 0 Å². The van der Waals surface area contributed by atoms with Gasteiger partial charge in [-0.2, -0.15) is 0 Å². The van der Waals surface area contributed by atoms with Crippen LogP contribution in [0.3, 0.4) is 0 Å². The van der Waals surface area contributed by atoms with Gasteiger partial charge in [-0.25, -0.2) is 4.79 Å². The Hall–Kier alpha value is -2.77. The highest BCUT2D eigenvalue weighted by atomic mass is 16.5. The van der Waals surface area contributed by atoms with E-state index in [1.165, 1.54) is 0 Å². The van der Waals surface area contributed by atoms with Crippen molar-refractivity contribution < 1.29 is 19.1 Å². The smallest absolute Gasteiger partial charge is 0.317 e. The summed E-state index contributed by atoms with van der Waals surface area (Å²) in [4.78, 5) is 43.0. The highest BCUT2D eigenvalue weighted by molar-refractivity contribution is 5.94. The zero-order valence-corrected chi connectivity index (χ0v) is 17.5. The molecule has 0 aromatic heterocycles. The summed E-state index contributed by atoms with van der Waals surface area (Å²) >= 11 is 0. The number of rotatable bonds is 5. The van der Waals surface area contributed by atoms with Crippen molar-refractivity contribution in [3.8, 4) is 5.75 Å². The maximum atomic E-state index is 12.9. The molecule has 3 saturated heterocycles. The van der Waals surface area contributed by atoms with Crippen LogP contribution in [0.25, 0.3) is 0 Å². The van der Waals surface area contributed by atoms with Crippen LogP contribution in [0.4, 0.5) is 4.79 Å². The van der Waals surface area contributed by atoms with Gasteiger partial charge in [0.1, 0.15) is 5.75 Å². The molecule has 0 aliphatic carbocycles. The summed E-state index contributed by atoms with van der Waals surface area (Å²) in [6, 6.07) is 7.19. The van der Waals surface area contributed by atoms with Crippen molar-refractivity contribution in [3.05, 3.63) is 29.8 Å². The summed E-state index contributed by atoms with van der Waals surface area (Å²) in [5.41, 5.74) is 0.671. The monoisotopic (exact) mass is 414 g/mol. The van der Waals surface area contributed by atoms with Crippen LogP contribution in [0, 0.1) is 11.8 Å². The normalized spacial score (nSPS) is 24.4. The third-order valence-electron chi connectivity index (χ3n) is 6.66. The second kappa shape index (κ2) is 8.93. The van der Waals surface area contributed by atoms with Crippen LogP contribution in [-0.4, -0.2) is 85.5 Å². The highest BCUT2D eigenvalue weighted by Crippen LogP contribution is 2.33. The molecule has 8 nitrogen and oxygen atoms in total. The van der Waals surface area contributed by atoms with Crippen molar-refractivity contribution in [1.29, 1.82) is 0 Å². The zero-order chi connectivity index (χ0) is 21.1. The van der Waals surface area contributed by atoms with Crippen LogP contribution < -0.4 is 10.1 Å². The average molecular weight is 415 g/mol. The van der Waals surface area contributed by atoms with E-state index in [-0.39, 0.29) is 17.8 Å². The molecule has 8 heteroatoms. The molecule has 162 valence electrons. The molecule has 3 aliphatic heterocycles. The number of piperidine rings is 1. The number of amides is 4. The number of nitrogens with one attached hydrogen (secondary N) is 1. The summed E-state index contributed by atoms with van der Waals surface area (Å²) in [5.74, 6) is 1.63. The number of carbonyl (C=O) groups excluding carboxylic acids is 3. The van der Waals surface area contributed by atoms with Crippen molar-refractivity contribution in [2.45, 2.75) is 19.3 Å². The quantitative estimate of drug-likeness (QED) is 0.790. The molecular formula is C22H30N4O4. The predicted octanol–water partition coefficient (Wildman–Crippen LogP) is 1.42. The standard InChI is InChI=1S/C22H30N4O4/c1-30-19-4-2-16(3-5-19)21(28)26-10-6-17-14-20(27)24(9-7-18(17)15-26)12-13-25-11-8-23-22(25)29/h2-5,17-18H,6-15H2,1H3,(H,23,29). The lowest BCUT2D eigenvalue weighted by Crippen LogP contribution is -2.43. The van der Waals surface area contributed by atoms with Crippen molar-refractivity contribution in [2.24, 2.45) is 11.8 Å². The molecule has 4 amide bonds. The summed E-state index contributed by atoms with van der Waals surface area (Å²) in [7, 11) is 1.61. The van der Waals surface area contributed by atoms with E-state index in [9.17, 15) is 14.4 Å².